The summed E-state index contributed by atoms with van der Waals surface area (Å²) >= 11 is 11.9. The van der Waals surface area contributed by atoms with E-state index in [1.54, 1.807) is 0 Å². The molecule has 4 nitrogen and oxygen atoms in total. The quantitative estimate of drug-likeness (QED) is 0.870. The second kappa shape index (κ2) is 5.90. The van der Waals surface area contributed by atoms with Gasteiger partial charge in [0, 0.05) is 13.6 Å². The van der Waals surface area contributed by atoms with Gasteiger partial charge in [-0.25, -0.2) is 0 Å². The third-order valence-corrected chi connectivity index (χ3v) is 3.77. The molecule has 1 heterocycles. The number of hydrogen-bond acceptors (Lipinski definition) is 3. The number of aromatic nitrogens is 3. The number of nitrogens with zero attached hydrogens (tertiary/aromatic N) is 4. The predicted molar refractivity (Wildman–Crippen MR) is 77.4 cm³/mol. The van der Waals surface area contributed by atoms with Gasteiger partial charge in [0.15, 0.2) is 0 Å². The maximum atomic E-state index is 6.01. The van der Waals surface area contributed by atoms with Crippen LogP contribution < -0.4 is 0 Å². The SMILES string of the molecule is Cc1nnc(CN(C)Cc2ccc(Cl)c(Cl)c2)n1C. The van der Waals surface area contributed by atoms with E-state index in [4.69, 9.17) is 23.2 Å². The van der Waals surface area contributed by atoms with Crippen LogP contribution in [0.5, 0.6) is 0 Å². The average molecular weight is 299 g/mol. The van der Waals surface area contributed by atoms with Gasteiger partial charge in [-0.1, -0.05) is 29.3 Å². The lowest BCUT2D eigenvalue weighted by molar-refractivity contribution is 0.306. The predicted octanol–water partition coefficient (Wildman–Crippen LogP) is 3.06. The van der Waals surface area contributed by atoms with Crippen molar-refractivity contribution in [3.63, 3.8) is 0 Å². The second-order valence-corrected chi connectivity index (χ2v) is 5.46. The van der Waals surface area contributed by atoms with Gasteiger partial charge >= 0.3 is 0 Å². The van der Waals surface area contributed by atoms with Crippen LogP contribution in [0.15, 0.2) is 18.2 Å². The summed E-state index contributed by atoms with van der Waals surface area (Å²) in [6, 6.07) is 5.69. The van der Waals surface area contributed by atoms with Crippen LogP contribution in [0.2, 0.25) is 10.0 Å². The highest BCUT2D eigenvalue weighted by atomic mass is 35.5. The van der Waals surface area contributed by atoms with E-state index < -0.39 is 0 Å². The molecule has 0 N–H and O–H groups in total. The number of halogens is 2. The Morgan fingerprint density at radius 3 is 2.47 bits per heavy atom. The molecule has 6 heteroatoms. The van der Waals surface area contributed by atoms with E-state index in [0.29, 0.717) is 10.0 Å². The molecule has 0 aliphatic rings. The first kappa shape index (κ1) is 14.3. The Bertz CT molecular complexity index is 580. The molecule has 0 aliphatic carbocycles. The number of benzene rings is 1. The van der Waals surface area contributed by atoms with E-state index in [-0.39, 0.29) is 0 Å². The van der Waals surface area contributed by atoms with Crippen LogP contribution in [0.3, 0.4) is 0 Å². The Hall–Kier alpha value is -1.10. The lowest BCUT2D eigenvalue weighted by Crippen LogP contribution is -2.19. The smallest absolute Gasteiger partial charge is 0.146 e. The van der Waals surface area contributed by atoms with E-state index in [9.17, 15) is 0 Å². The van der Waals surface area contributed by atoms with Crippen molar-refractivity contribution in [1.29, 1.82) is 0 Å². The molecular formula is C13H16Cl2N4. The molecule has 0 fully saturated rings. The summed E-state index contributed by atoms with van der Waals surface area (Å²) in [5.41, 5.74) is 1.12. The van der Waals surface area contributed by atoms with Crippen molar-refractivity contribution in [3.8, 4) is 0 Å². The standard InChI is InChI=1S/C13H16Cl2N4/c1-9-16-17-13(19(9)3)8-18(2)7-10-4-5-11(14)12(15)6-10/h4-6H,7-8H2,1-3H3. The van der Waals surface area contributed by atoms with Crippen molar-refractivity contribution in [3.05, 3.63) is 45.5 Å². The van der Waals surface area contributed by atoms with Crippen LogP contribution in [-0.2, 0) is 20.1 Å². The van der Waals surface area contributed by atoms with Crippen molar-refractivity contribution in [2.75, 3.05) is 7.05 Å². The molecule has 19 heavy (non-hydrogen) atoms. The van der Waals surface area contributed by atoms with Gasteiger partial charge in [-0.05, 0) is 31.7 Å². The number of hydrogen-bond donors (Lipinski definition) is 0. The monoisotopic (exact) mass is 298 g/mol. The Morgan fingerprint density at radius 2 is 1.89 bits per heavy atom. The summed E-state index contributed by atoms with van der Waals surface area (Å²) in [7, 11) is 4.00. The minimum absolute atomic E-state index is 0.581. The van der Waals surface area contributed by atoms with E-state index >= 15 is 0 Å². The fourth-order valence-corrected chi connectivity index (χ4v) is 2.16. The highest BCUT2D eigenvalue weighted by molar-refractivity contribution is 6.42. The molecular weight excluding hydrogens is 283 g/mol. The zero-order chi connectivity index (χ0) is 14.0. The van der Waals surface area contributed by atoms with Gasteiger partial charge < -0.3 is 4.57 Å². The highest BCUT2D eigenvalue weighted by Gasteiger charge is 2.09. The third-order valence-electron chi connectivity index (χ3n) is 3.03. The molecule has 1 aromatic heterocycles. The fraction of sp³-hybridized carbons (Fsp3) is 0.385. The third kappa shape index (κ3) is 3.47. The summed E-state index contributed by atoms with van der Waals surface area (Å²) in [6.07, 6.45) is 0. The molecule has 0 amide bonds. The van der Waals surface area contributed by atoms with E-state index in [2.05, 4.69) is 15.1 Å². The summed E-state index contributed by atoms with van der Waals surface area (Å²) in [4.78, 5) is 2.16. The van der Waals surface area contributed by atoms with Crippen molar-refractivity contribution in [2.45, 2.75) is 20.0 Å². The molecule has 0 unspecified atom stereocenters. The molecule has 1 aromatic carbocycles. The van der Waals surface area contributed by atoms with E-state index in [1.807, 2.05) is 43.8 Å². The van der Waals surface area contributed by atoms with E-state index in [0.717, 1.165) is 30.3 Å². The average Bonchev–Trinajstić information content (AvgIpc) is 2.66. The maximum Gasteiger partial charge on any atom is 0.146 e. The van der Waals surface area contributed by atoms with Crippen LogP contribution in [-0.4, -0.2) is 26.7 Å². The van der Waals surface area contributed by atoms with Crippen LogP contribution in [0.4, 0.5) is 0 Å². The van der Waals surface area contributed by atoms with Crippen LogP contribution in [0.25, 0.3) is 0 Å². The minimum Gasteiger partial charge on any atom is -0.317 e. The summed E-state index contributed by atoms with van der Waals surface area (Å²) in [5.74, 6) is 1.86. The molecule has 0 spiro atoms. The lowest BCUT2D eigenvalue weighted by Gasteiger charge is -2.16. The summed E-state index contributed by atoms with van der Waals surface area (Å²) in [6.45, 7) is 3.45. The van der Waals surface area contributed by atoms with Gasteiger partial charge in [0.1, 0.15) is 11.6 Å². The van der Waals surface area contributed by atoms with Crippen molar-refractivity contribution in [2.24, 2.45) is 7.05 Å². The zero-order valence-electron chi connectivity index (χ0n) is 11.2. The molecule has 0 saturated carbocycles. The lowest BCUT2D eigenvalue weighted by atomic mass is 10.2. The molecule has 2 aromatic rings. The Labute approximate surface area is 123 Å². The largest absolute Gasteiger partial charge is 0.317 e. The van der Waals surface area contributed by atoms with Gasteiger partial charge in [-0.3, -0.25) is 4.90 Å². The Morgan fingerprint density at radius 1 is 1.16 bits per heavy atom. The molecule has 0 aliphatic heterocycles. The topological polar surface area (TPSA) is 34.0 Å². The summed E-state index contributed by atoms with van der Waals surface area (Å²) < 4.78 is 1.99. The van der Waals surface area contributed by atoms with Crippen molar-refractivity contribution in [1.82, 2.24) is 19.7 Å². The number of rotatable bonds is 4. The molecule has 102 valence electrons. The normalized spacial score (nSPS) is 11.3. The maximum absolute atomic E-state index is 6.01. The second-order valence-electron chi connectivity index (χ2n) is 4.64. The Balaban J connectivity index is 2.03. The van der Waals surface area contributed by atoms with Crippen LogP contribution >= 0.6 is 23.2 Å². The number of aryl methyl sites for hydroxylation is 1. The molecule has 0 bridgehead atoms. The van der Waals surface area contributed by atoms with Gasteiger partial charge in [0.05, 0.1) is 16.6 Å². The fourth-order valence-electron chi connectivity index (χ4n) is 1.84. The van der Waals surface area contributed by atoms with Gasteiger partial charge in [-0.15, -0.1) is 10.2 Å². The van der Waals surface area contributed by atoms with Gasteiger partial charge in [0.25, 0.3) is 0 Å². The summed E-state index contributed by atoms with van der Waals surface area (Å²) in [5, 5.41) is 9.37. The minimum atomic E-state index is 0.581. The zero-order valence-corrected chi connectivity index (χ0v) is 12.7. The van der Waals surface area contributed by atoms with Crippen molar-refractivity contribution >= 4 is 23.2 Å². The van der Waals surface area contributed by atoms with Gasteiger partial charge in [0.2, 0.25) is 0 Å². The first-order valence-corrected chi connectivity index (χ1v) is 6.70. The van der Waals surface area contributed by atoms with Crippen LogP contribution in [0.1, 0.15) is 17.2 Å². The highest BCUT2D eigenvalue weighted by Crippen LogP contribution is 2.23. The first-order chi connectivity index (χ1) is 8.97. The Kier molecular flexibility index (Phi) is 4.45. The van der Waals surface area contributed by atoms with E-state index in [1.165, 1.54) is 0 Å². The molecule has 0 atom stereocenters. The first-order valence-electron chi connectivity index (χ1n) is 5.94. The van der Waals surface area contributed by atoms with Gasteiger partial charge in [-0.2, -0.15) is 0 Å². The molecule has 2 rings (SSSR count). The van der Waals surface area contributed by atoms with Crippen molar-refractivity contribution < 1.29 is 0 Å². The molecule has 0 saturated heterocycles. The van der Waals surface area contributed by atoms with Crippen LogP contribution in [0, 0.1) is 6.92 Å². The molecule has 0 radical (unpaired) electrons.